The molecule has 0 fully saturated rings. The summed E-state index contributed by atoms with van der Waals surface area (Å²) >= 11 is 12.1. The summed E-state index contributed by atoms with van der Waals surface area (Å²) in [4.78, 5) is 29.9. The minimum Gasteiger partial charge on any atom is -0.382 e. The number of ketones is 1. The molecule has 2 aromatic carbocycles. The van der Waals surface area contributed by atoms with E-state index in [1.54, 1.807) is 53.0 Å². The van der Waals surface area contributed by atoms with Crippen LogP contribution in [-0.2, 0) is 0 Å². The van der Waals surface area contributed by atoms with Gasteiger partial charge in [-0.25, -0.2) is 14.3 Å². The number of nitrogens with two attached hydrogens (primary N) is 1. The predicted octanol–water partition coefficient (Wildman–Crippen LogP) is 5.62. The lowest BCUT2D eigenvalue weighted by molar-refractivity contribution is 0.104. The van der Waals surface area contributed by atoms with Gasteiger partial charge in [-0.15, -0.1) is 0 Å². The lowest BCUT2D eigenvalue weighted by Crippen LogP contribution is -2.19. The molecular weight excluding hydrogens is 463 g/mol. The second-order valence-corrected chi connectivity index (χ2v) is 8.42. The van der Waals surface area contributed by atoms with E-state index in [-0.39, 0.29) is 22.5 Å². The van der Waals surface area contributed by atoms with Crippen molar-refractivity contribution >= 4 is 57.7 Å². The molecule has 0 aliphatic heterocycles. The molecule has 4 rings (SSSR count). The summed E-state index contributed by atoms with van der Waals surface area (Å²) in [6.45, 7) is 4.01. The fourth-order valence-corrected chi connectivity index (χ4v) is 3.80. The van der Waals surface area contributed by atoms with Gasteiger partial charge < -0.3 is 16.4 Å². The van der Waals surface area contributed by atoms with E-state index in [0.29, 0.717) is 33.0 Å². The summed E-state index contributed by atoms with van der Waals surface area (Å²) in [5.74, 6) is 0.0681. The maximum atomic E-state index is 13.4. The highest BCUT2D eigenvalue weighted by Gasteiger charge is 2.22. The van der Waals surface area contributed by atoms with Crippen LogP contribution in [-0.4, -0.2) is 26.4 Å². The third kappa shape index (κ3) is 4.48. The van der Waals surface area contributed by atoms with Crippen molar-refractivity contribution in [3.63, 3.8) is 0 Å². The number of hydrogen-bond donors (Lipinski definition) is 3. The number of nitrogens with zero attached hydrogens (tertiary/aromatic N) is 3. The summed E-state index contributed by atoms with van der Waals surface area (Å²) < 4.78 is 1.64. The summed E-state index contributed by atoms with van der Waals surface area (Å²) in [7, 11) is 0. The molecule has 0 atom stereocenters. The van der Waals surface area contributed by atoms with Crippen LogP contribution in [0.4, 0.5) is 22.0 Å². The zero-order chi connectivity index (χ0) is 23.7. The third-order valence-electron chi connectivity index (χ3n) is 5.03. The number of aromatic nitrogens is 3. The number of amides is 2. The van der Waals surface area contributed by atoms with E-state index in [4.69, 9.17) is 28.9 Å². The Bertz CT molecular complexity index is 1380. The van der Waals surface area contributed by atoms with Crippen LogP contribution in [0, 0.1) is 0 Å². The van der Waals surface area contributed by atoms with Gasteiger partial charge in [0.05, 0.1) is 21.3 Å². The lowest BCUT2D eigenvalue weighted by atomic mass is 10.0. The monoisotopic (exact) mass is 482 g/mol. The molecule has 0 bridgehead atoms. The summed E-state index contributed by atoms with van der Waals surface area (Å²) in [6, 6.07) is 12.8. The number of nitrogens with one attached hydrogen (secondary N) is 2. The Morgan fingerprint density at radius 1 is 1.06 bits per heavy atom. The zero-order valence-electron chi connectivity index (χ0n) is 17.8. The van der Waals surface area contributed by atoms with Gasteiger partial charge in [0.1, 0.15) is 11.8 Å². The summed E-state index contributed by atoms with van der Waals surface area (Å²) in [6.07, 6.45) is 1.36. The van der Waals surface area contributed by atoms with Crippen LogP contribution < -0.4 is 16.4 Å². The number of urea groups is 1. The average molecular weight is 483 g/mol. The van der Waals surface area contributed by atoms with E-state index in [0.717, 1.165) is 5.69 Å². The Morgan fingerprint density at radius 2 is 1.82 bits per heavy atom. The number of halogens is 2. The molecule has 4 aromatic rings. The highest BCUT2D eigenvalue weighted by molar-refractivity contribution is 6.44. The Kier molecular flexibility index (Phi) is 6.22. The van der Waals surface area contributed by atoms with Gasteiger partial charge in [0, 0.05) is 16.9 Å². The molecule has 0 aliphatic carbocycles. The van der Waals surface area contributed by atoms with Crippen LogP contribution in [0.2, 0.25) is 10.0 Å². The third-order valence-corrected chi connectivity index (χ3v) is 5.85. The number of rotatable bonds is 5. The number of carbonyl (C=O) groups excluding carboxylic acids is 2. The van der Waals surface area contributed by atoms with Gasteiger partial charge in [-0.1, -0.05) is 55.2 Å². The van der Waals surface area contributed by atoms with Crippen LogP contribution in [0.25, 0.3) is 5.52 Å². The molecule has 0 spiro atoms. The summed E-state index contributed by atoms with van der Waals surface area (Å²) in [5.41, 5.74) is 8.93. The van der Waals surface area contributed by atoms with Crippen LogP contribution in [0.5, 0.6) is 0 Å². The number of fused-ring (bicyclic) bond motifs is 1. The molecule has 0 saturated carbocycles. The minimum absolute atomic E-state index is 0.114. The first-order valence-corrected chi connectivity index (χ1v) is 10.8. The molecule has 2 heterocycles. The molecule has 4 N–H and O–H groups in total. The van der Waals surface area contributed by atoms with Crippen molar-refractivity contribution < 1.29 is 9.59 Å². The second kappa shape index (κ2) is 9.09. The van der Waals surface area contributed by atoms with Crippen molar-refractivity contribution in [1.29, 1.82) is 0 Å². The van der Waals surface area contributed by atoms with Crippen molar-refractivity contribution in [2.24, 2.45) is 0 Å². The van der Waals surface area contributed by atoms with Crippen molar-refractivity contribution in [2.75, 3.05) is 16.4 Å². The summed E-state index contributed by atoms with van der Waals surface area (Å²) in [5, 5.41) is 10.2. The highest BCUT2D eigenvalue weighted by atomic mass is 35.5. The Morgan fingerprint density at radius 3 is 2.58 bits per heavy atom. The van der Waals surface area contributed by atoms with E-state index in [9.17, 15) is 9.59 Å². The number of hydrogen-bond acceptors (Lipinski definition) is 5. The van der Waals surface area contributed by atoms with E-state index in [2.05, 4.69) is 20.7 Å². The van der Waals surface area contributed by atoms with Gasteiger partial charge in [0.15, 0.2) is 11.6 Å². The molecule has 0 aliphatic rings. The molecule has 0 unspecified atom stereocenters. The van der Waals surface area contributed by atoms with Gasteiger partial charge in [0.2, 0.25) is 0 Å². The van der Waals surface area contributed by atoms with Gasteiger partial charge in [-0.05, 0) is 36.2 Å². The largest absolute Gasteiger partial charge is 0.382 e. The van der Waals surface area contributed by atoms with Crippen molar-refractivity contribution in [1.82, 2.24) is 14.6 Å². The fraction of sp³-hybridized carbons (Fsp3) is 0.130. The fourth-order valence-electron chi connectivity index (χ4n) is 3.46. The molecule has 8 nitrogen and oxygen atoms in total. The smallest absolute Gasteiger partial charge is 0.323 e. The minimum atomic E-state index is -0.530. The maximum Gasteiger partial charge on any atom is 0.323 e. The van der Waals surface area contributed by atoms with Crippen molar-refractivity contribution in [3.8, 4) is 0 Å². The lowest BCUT2D eigenvalue weighted by Gasteiger charge is -2.10. The maximum absolute atomic E-state index is 13.4. The number of carbonyl (C=O) groups is 2. The van der Waals surface area contributed by atoms with Crippen molar-refractivity contribution in [2.45, 2.75) is 19.8 Å². The topological polar surface area (TPSA) is 114 Å². The molecular formula is C23H20Cl2N6O2. The number of benzene rings is 2. The van der Waals surface area contributed by atoms with E-state index in [1.807, 2.05) is 13.8 Å². The molecule has 10 heteroatoms. The molecule has 33 heavy (non-hydrogen) atoms. The van der Waals surface area contributed by atoms with Crippen LogP contribution in [0.3, 0.4) is 0 Å². The van der Waals surface area contributed by atoms with Crippen LogP contribution in [0.15, 0.2) is 54.9 Å². The average Bonchev–Trinajstić information content (AvgIpc) is 3.18. The first kappa shape index (κ1) is 22.6. The van der Waals surface area contributed by atoms with Crippen LogP contribution in [0.1, 0.15) is 41.4 Å². The quantitative estimate of drug-likeness (QED) is 0.319. The Hall–Kier alpha value is -3.62. The van der Waals surface area contributed by atoms with Crippen molar-refractivity contribution in [3.05, 3.63) is 81.7 Å². The standard InChI is InChI=1S/C23H20Cl2N6O2/c1-12(2)18-10-15(20-22(26)27-11-28-31(18)20)21(32)13-5-3-6-14(9-13)29-23(33)30-17-8-4-7-16(24)19(17)25/h3-12H,1-2H3,(H2,26,27,28)(H2,29,30,33). The Balaban J connectivity index is 1.61. The SMILES string of the molecule is CC(C)c1cc(C(=O)c2cccc(NC(=O)Nc3cccc(Cl)c3Cl)c2)c2c(N)ncnn12. The number of anilines is 3. The first-order chi connectivity index (χ1) is 15.8. The van der Waals surface area contributed by atoms with E-state index >= 15 is 0 Å². The van der Waals surface area contributed by atoms with Gasteiger partial charge >= 0.3 is 6.03 Å². The van der Waals surface area contributed by atoms with E-state index in [1.165, 1.54) is 6.33 Å². The van der Waals surface area contributed by atoms with E-state index < -0.39 is 6.03 Å². The van der Waals surface area contributed by atoms with Crippen LogP contribution >= 0.6 is 23.2 Å². The highest BCUT2D eigenvalue weighted by Crippen LogP contribution is 2.30. The molecule has 0 radical (unpaired) electrons. The normalized spacial score (nSPS) is 11.1. The van der Waals surface area contributed by atoms with Gasteiger partial charge in [0.25, 0.3) is 0 Å². The van der Waals surface area contributed by atoms with Gasteiger partial charge in [-0.3, -0.25) is 4.79 Å². The second-order valence-electron chi connectivity index (χ2n) is 7.63. The van der Waals surface area contributed by atoms with Gasteiger partial charge in [-0.2, -0.15) is 5.10 Å². The molecule has 0 saturated heterocycles. The molecule has 2 aromatic heterocycles. The first-order valence-electron chi connectivity index (χ1n) is 10.0. The zero-order valence-corrected chi connectivity index (χ0v) is 19.3. The predicted molar refractivity (Wildman–Crippen MR) is 130 cm³/mol. The Labute approximate surface area is 199 Å². The molecule has 2 amide bonds. The number of nitrogen functional groups attached to an aromatic ring is 1. The molecule has 168 valence electrons.